The number of esters is 3. The van der Waals surface area contributed by atoms with Crippen molar-refractivity contribution in [2.75, 3.05) is 75.4 Å². The van der Waals surface area contributed by atoms with Crippen LogP contribution in [0.2, 0.25) is 0 Å². The van der Waals surface area contributed by atoms with Gasteiger partial charge in [0.1, 0.15) is 37.9 Å². The summed E-state index contributed by atoms with van der Waals surface area (Å²) in [5, 5.41) is 17.7. The molecule has 5 amide bonds. The third kappa shape index (κ3) is 22.7. The second kappa shape index (κ2) is 36.2. The molecule has 0 saturated carbocycles. The summed E-state index contributed by atoms with van der Waals surface area (Å²) in [6.45, 7) is 15.9. The highest BCUT2D eigenvalue weighted by atomic mass is 16.7. The fourth-order valence-corrected chi connectivity index (χ4v) is 9.91. The Labute approximate surface area is 469 Å². The Bertz CT molecular complexity index is 2030. The minimum absolute atomic E-state index is 0.00000464. The van der Waals surface area contributed by atoms with Gasteiger partial charge in [-0.2, -0.15) is 0 Å². The number of benzene rings is 1. The third-order valence-electron chi connectivity index (χ3n) is 14.6. The number of nitrogens with one attached hydrogen (secondary N) is 3. The van der Waals surface area contributed by atoms with Gasteiger partial charge in [-0.25, -0.2) is 9.59 Å². The summed E-state index contributed by atoms with van der Waals surface area (Å²) in [4.78, 5) is 113. The maximum atomic E-state index is 14.5. The molecule has 1 aromatic rings. The maximum absolute atomic E-state index is 14.5. The molecule has 1 fully saturated rings. The number of methoxy groups -OCH3 is 3. The Morgan fingerprint density at radius 1 is 0.759 bits per heavy atom. The maximum Gasteiger partial charge on any atom is 0.329 e. The monoisotopic (exact) mass is 1120 g/mol. The van der Waals surface area contributed by atoms with Crippen molar-refractivity contribution in [3.05, 3.63) is 35.9 Å². The summed E-state index contributed by atoms with van der Waals surface area (Å²) >= 11 is 0. The van der Waals surface area contributed by atoms with Crippen LogP contribution in [0.15, 0.2) is 30.3 Å². The van der Waals surface area contributed by atoms with Gasteiger partial charge in [0.25, 0.3) is 0 Å². The second-order valence-corrected chi connectivity index (χ2v) is 21.4. The Hall–Kier alpha value is -5.26. The molecule has 0 aromatic heterocycles. The molecule has 0 bridgehead atoms. The first-order valence-corrected chi connectivity index (χ1v) is 27.9. The topological polar surface area (TPSA) is 267 Å². The first kappa shape index (κ1) is 69.8. The van der Waals surface area contributed by atoms with E-state index in [0.717, 1.165) is 5.56 Å². The van der Waals surface area contributed by atoms with Gasteiger partial charge in [0, 0.05) is 54.2 Å². The first-order valence-electron chi connectivity index (χ1n) is 27.9. The lowest BCUT2D eigenvalue weighted by atomic mass is 9.89. The highest BCUT2D eigenvalue weighted by Crippen LogP contribution is 2.30. The molecule has 1 saturated heterocycles. The minimum Gasteiger partial charge on any atom is -0.461 e. The van der Waals surface area contributed by atoms with Crippen LogP contribution < -0.4 is 16.0 Å². The van der Waals surface area contributed by atoms with E-state index < -0.39 is 96.5 Å². The predicted molar refractivity (Wildman–Crippen MR) is 295 cm³/mol. The van der Waals surface area contributed by atoms with Crippen molar-refractivity contribution in [1.29, 1.82) is 0 Å². The molecule has 79 heavy (non-hydrogen) atoms. The number of amides is 5. The van der Waals surface area contributed by atoms with Gasteiger partial charge in [0.15, 0.2) is 6.29 Å². The zero-order valence-electron chi connectivity index (χ0n) is 49.8. The average Bonchev–Trinajstić information content (AvgIpc) is 3.95. The van der Waals surface area contributed by atoms with E-state index in [1.54, 1.807) is 48.0 Å². The predicted octanol–water partition coefficient (Wildman–Crippen LogP) is 3.43. The molecule has 4 N–H and O–H groups in total. The quantitative estimate of drug-likeness (QED) is 0.0322. The Balaban J connectivity index is 2.10. The van der Waals surface area contributed by atoms with E-state index in [1.807, 2.05) is 73.5 Å². The average molecular weight is 1120 g/mol. The zero-order chi connectivity index (χ0) is 59.5. The third-order valence-corrected chi connectivity index (χ3v) is 14.6. The molecule has 2 unspecified atom stereocenters. The number of hydrogen-bond donors (Lipinski definition) is 4. The standard InChI is InChI=1S/C57H96N6O16/c1-16-37(7)51(62(12)55(70)49(35(3)4)60-54(69)50(36(5)6)61(10)11)44(73-13)32-46(66)63-28-22-25-43(63)52(75-15)38(8)53(68)59-42(31-40-23-19-18-20-24-40)57(72)77-30-29-76-56(71)39(9)58-45(65)26-21-27-47(67)78-34-48(74-14)79-41(17-2)33-64/h18-20,23-24,35-39,41-44,48-52,64H,16-17,21-22,25-34H2,1-15H3,(H,58,65)(H,59,68)(H,60,69)/t37-,38+,39+,41?,42-,43-,44+,48?,49-,50-,51-,52+/m0/s1. The molecule has 1 aliphatic rings. The minimum atomic E-state index is -1.16. The lowest BCUT2D eigenvalue weighted by Crippen LogP contribution is -2.59. The van der Waals surface area contributed by atoms with Crippen molar-refractivity contribution >= 4 is 47.4 Å². The lowest BCUT2D eigenvalue weighted by Gasteiger charge is -2.41. The molecule has 1 aromatic carbocycles. The number of aliphatic hydroxyl groups is 1. The summed E-state index contributed by atoms with van der Waals surface area (Å²) in [5.41, 5.74) is 0.735. The van der Waals surface area contributed by atoms with Crippen molar-refractivity contribution in [2.24, 2.45) is 23.7 Å². The van der Waals surface area contributed by atoms with E-state index in [9.17, 15) is 43.5 Å². The van der Waals surface area contributed by atoms with Gasteiger partial charge in [-0.05, 0) is 70.0 Å². The van der Waals surface area contributed by atoms with E-state index in [-0.39, 0.29) is 94.0 Å². The lowest BCUT2D eigenvalue weighted by molar-refractivity contribution is -0.194. The van der Waals surface area contributed by atoms with E-state index in [4.69, 9.17) is 33.2 Å². The highest BCUT2D eigenvalue weighted by Gasteiger charge is 2.44. The van der Waals surface area contributed by atoms with Crippen molar-refractivity contribution in [3.8, 4) is 0 Å². The molecule has 0 aliphatic carbocycles. The fraction of sp³-hybridized carbons (Fsp3) is 0.754. The van der Waals surface area contributed by atoms with Gasteiger partial charge >= 0.3 is 17.9 Å². The van der Waals surface area contributed by atoms with Crippen LogP contribution in [0.25, 0.3) is 0 Å². The molecule has 450 valence electrons. The van der Waals surface area contributed by atoms with Gasteiger partial charge in [-0.3, -0.25) is 33.7 Å². The zero-order valence-corrected chi connectivity index (χ0v) is 49.8. The summed E-state index contributed by atoms with van der Waals surface area (Å²) in [5.74, 6) is -5.13. The van der Waals surface area contributed by atoms with E-state index >= 15 is 0 Å². The summed E-state index contributed by atoms with van der Waals surface area (Å²) in [7, 11) is 9.74. The number of likely N-dealkylation sites (N-methyl/N-ethyl adjacent to an activating group) is 2. The van der Waals surface area contributed by atoms with Gasteiger partial charge in [0.05, 0.1) is 55.4 Å². The molecular formula is C57H96N6O16. The van der Waals surface area contributed by atoms with Crippen LogP contribution in [0.5, 0.6) is 0 Å². The second-order valence-electron chi connectivity index (χ2n) is 21.4. The van der Waals surface area contributed by atoms with Crippen LogP contribution >= 0.6 is 0 Å². The number of ether oxygens (including phenoxy) is 7. The normalized spacial score (nSPS) is 17.8. The van der Waals surface area contributed by atoms with Gasteiger partial charge in [-0.1, -0.05) is 92.1 Å². The van der Waals surface area contributed by atoms with Crippen LogP contribution in [-0.4, -0.2) is 204 Å². The highest BCUT2D eigenvalue weighted by molar-refractivity contribution is 5.90. The van der Waals surface area contributed by atoms with Gasteiger partial charge < -0.3 is 64.0 Å². The van der Waals surface area contributed by atoms with Crippen LogP contribution in [0, 0.1) is 23.7 Å². The van der Waals surface area contributed by atoms with Crippen molar-refractivity contribution in [1.82, 2.24) is 30.7 Å². The Morgan fingerprint density at radius 3 is 1.95 bits per heavy atom. The SMILES string of the molecule is CCC(CO)OC(COC(=O)CCCC(=O)N[C@H](C)C(=O)OCCOC(=O)[C@H](Cc1ccccc1)NC(=O)[C@H](C)[C@@H](OC)[C@@H]1CCCN1C(=O)C[C@@H](OC)[C@H]([C@@H](C)CC)N(C)C(=O)[C@@H](NC(=O)[C@H](C(C)C)N(C)C)C(C)C)OC. The van der Waals surface area contributed by atoms with Crippen LogP contribution in [-0.2, 0) is 77.9 Å². The van der Waals surface area contributed by atoms with Gasteiger partial charge in [0.2, 0.25) is 29.5 Å². The number of carbonyl (C=O) groups excluding carboxylic acids is 8. The molecule has 2 rings (SSSR count). The van der Waals surface area contributed by atoms with Crippen LogP contribution in [0.4, 0.5) is 0 Å². The van der Waals surface area contributed by atoms with Crippen LogP contribution in [0.3, 0.4) is 0 Å². The number of rotatable bonds is 37. The van der Waals surface area contributed by atoms with Crippen molar-refractivity contribution in [3.63, 3.8) is 0 Å². The fourth-order valence-electron chi connectivity index (χ4n) is 9.91. The van der Waals surface area contributed by atoms with Crippen LogP contribution in [0.1, 0.15) is 119 Å². The molecule has 22 nitrogen and oxygen atoms in total. The number of aliphatic hydroxyl groups excluding tert-OH is 1. The number of hydrogen-bond acceptors (Lipinski definition) is 17. The Kier molecular flexibility index (Phi) is 32.0. The molecule has 12 atom stereocenters. The van der Waals surface area contributed by atoms with E-state index in [1.165, 1.54) is 28.3 Å². The van der Waals surface area contributed by atoms with Gasteiger partial charge in [-0.15, -0.1) is 0 Å². The first-order chi connectivity index (χ1) is 37.4. The smallest absolute Gasteiger partial charge is 0.329 e. The van der Waals surface area contributed by atoms with Crippen molar-refractivity contribution in [2.45, 2.75) is 181 Å². The summed E-state index contributed by atoms with van der Waals surface area (Å²) in [6, 6.07) is 4.48. The Morgan fingerprint density at radius 2 is 1.41 bits per heavy atom. The number of likely N-dealkylation sites (tertiary alicyclic amines) is 1. The van der Waals surface area contributed by atoms with E-state index in [2.05, 4.69) is 16.0 Å². The van der Waals surface area contributed by atoms with E-state index in [0.29, 0.717) is 32.2 Å². The molecular weight excluding hydrogens is 1020 g/mol. The summed E-state index contributed by atoms with van der Waals surface area (Å²) < 4.78 is 38.7. The molecule has 1 aliphatic heterocycles. The molecule has 1 heterocycles. The summed E-state index contributed by atoms with van der Waals surface area (Å²) in [6.07, 6.45) is -0.451. The largest absolute Gasteiger partial charge is 0.461 e. The molecule has 0 radical (unpaired) electrons. The molecule has 22 heteroatoms. The number of carbonyl (C=O) groups is 8. The number of nitrogens with zero attached hydrogens (tertiary/aromatic N) is 3. The van der Waals surface area contributed by atoms with Crippen molar-refractivity contribution < 1.29 is 76.6 Å². The molecule has 0 spiro atoms.